The van der Waals surface area contributed by atoms with E-state index in [1.165, 1.54) is 0 Å². The fourth-order valence-electron chi connectivity index (χ4n) is 2.82. The molecule has 0 bridgehead atoms. The summed E-state index contributed by atoms with van der Waals surface area (Å²) in [5.74, 6) is -1.64. The molecule has 5 nitrogen and oxygen atoms in total. The quantitative estimate of drug-likeness (QED) is 0.735. The molecule has 1 aromatic rings. The van der Waals surface area contributed by atoms with Crippen LogP contribution in [0.4, 0.5) is 0 Å². The number of hydrogen-bond donors (Lipinski definition) is 3. The Bertz CT molecular complexity index is 488. The van der Waals surface area contributed by atoms with E-state index < -0.39 is 11.9 Å². The van der Waals surface area contributed by atoms with Crippen molar-refractivity contribution in [3.05, 3.63) is 35.9 Å². The van der Waals surface area contributed by atoms with E-state index in [0.29, 0.717) is 25.7 Å². The molecule has 2 rings (SSSR count). The molecule has 0 heterocycles. The van der Waals surface area contributed by atoms with Crippen molar-refractivity contribution >= 4 is 11.9 Å². The third-order valence-electron chi connectivity index (χ3n) is 4.04. The number of carboxylic acids is 1. The fraction of sp³-hybridized carbons (Fsp3) is 0.500. The molecule has 1 fully saturated rings. The maximum absolute atomic E-state index is 12.2. The second-order valence-electron chi connectivity index (χ2n) is 5.62. The largest absolute Gasteiger partial charge is 0.481 e. The zero-order chi connectivity index (χ0) is 15.2. The summed E-state index contributed by atoms with van der Waals surface area (Å²) in [7, 11) is 0. The van der Waals surface area contributed by atoms with Crippen molar-refractivity contribution in [2.24, 2.45) is 11.8 Å². The Balaban J connectivity index is 1.87. The number of carbonyl (C=O) groups is 2. The lowest BCUT2D eigenvalue weighted by molar-refractivity contribution is -0.141. The van der Waals surface area contributed by atoms with E-state index in [9.17, 15) is 14.7 Å². The maximum Gasteiger partial charge on any atom is 0.306 e. The summed E-state index contributed by atoms with van der Waals surface area (Å²) >= 11 is 0. The van der Waals surface area contributed by atoms with Crippen LogP contribution < -0.4 is 5.32 Å². The highest BCUT2D eigenvalue weighted by Crippen LogP contribution is 2.31. The standard InChI is InChI=1S/C16H21NO4/c18-10-14(8-11-4-2-1-3-5-11)17-15(19)12-6-7-13(9-12)16(20)21/h1-5,12-14,18H,6-10H2,(H,17,19)(H,20,21)/t12-,13+,14+/m1/s1. The van der Waals surface area contributed by atoms with Crippen LogP contribution in [0.1, 0.15) is 24.8 Å². The van der Waals surface area contributed by atoms with Crippen molar-refractivity contribution in [1.82, 2.24) is 5.32 Å². The van der Waals surface area contributed by atoms with Crippen LogP contribution in [0.3, 0.4) is 0 Å². The molecule has 1 amide bonds. The summed E-state index contributed by atoms with van der Waals surface area (Å²) in [5, 5.41) is 21.2. The third-order valence-corrected chi connectivity index (χ3v) is 4.04. The van der Waals surface area contributed by atoms with Crippen molar-refractivity contribution < 1.29 is 19.8 Å². The summed E-state index contributed by atoms with van der Waals surface area (Å²) in [4.78, 5) is 23.1. The Morgan fingerprint density at radius 1 is 1.19 bits per heavy atom. The van der Waals surface area contributed by atoms with E-state index in [4.69, 9.17) is 5.11 Å². The molecule has 0 radical (unpaired) electrons. The second-order valence-corrected chi connectivity index (χ2v) is 5.62. The molecular formula is C16H21NO4. The zero-order valence-corrected chi connectivity index (χ0v) is 11.9. The van der Waals surface area contributed by atoms with Gasteiger partial charge in [0.2, 0.25) is 5.91 Å². The van der Waals surface area contributed by atoms with Gasteiger partial charge in [-0.1, -0.05) is 30.3 Å². The van der Waals surface area contributed by atoms with Crippen LogP contribution in [0.25, 0.3) is 0 Å². The molecule has 0 spiro atoms. The average Bonchev–Trinajstić information content (AvgIpc) is 2.97. The Kier molecular flexibility index (Phi) is 5.33. The van der Waals surface area contributed by atoms with E-state index >= 15 is 0 Å². The van der Waals surface area contributed by atoms with Crippen molar-refractivity contribution in [2.45, 2.75) is 31.7 Å². The molecule has 3 atom stereocenters. The number of hydrogen-bond acceptors (Lipinski definition) is 3. The van der Waals surface area contributed by atoms with Gasteiger partial charge in [0.15, 0.2) is 0 Å². The normalized spacial score (nSPS) is 22.7. The first-order chi connectivity index (χ1) is 10.1. The van der Waals surface area contributed by atoms with Gasteiger partial charge >= 0.3 is 5.97 Å². The summed E-state index contributed by atoms with van der Waals surface area (Å²) in [6, 6.07) is 9.32. The molecule has 1 aliphatic rings. The molecule has 5 heteroatoms. The van der Waals surface area contributed by atoms with Crippen molar-refractivity contribution in [3.8, 4) is 0 Å². The summed E-state index contributed by atoms with van der Waals surface area (Å²) in [6.45, 7) is -0.129. The Morgan fingerprint density at radius 2 is 1.86 bits per heavy atom. The number of aliphatic hydroxyl groups excluding tert-OH is 1. The van der Waals surface area contributed by atoms with Gasteiger partial charge in [-0.2, -0.15) is 0 Å². The lowest BCUT2D eigenvalue weighted by Gasteiger charge is -2.19. The lowest BCUT2D eigenvalue weighted by atomic mass is 10.0. The number of carbonyl (C=O) groups excluding carboxylic acids is 1. The molecular weight excluding hydrogens is 270 g/mol. The molecule has 1 aliphatic carbocycles. The number of aliphatic carboxylic acids is 1. The topological polar surface area (TPSA) is 86.6 Å². The lowest BCUT2D eigenvalue weighted by Crippen LogP contribution is -2.42. The van der Waals surface area contributed by atoms with Gasteiger partial charge in [0.25, 0.3) is 0 Å². The van der Waals surface area contributed by atoms with Gasteiger partial charge in [0.05, 0.1) is 18.6 Å². The van der Waals surface area contributed by atoms with Crippen LogP contribution in [-0.2, 0) is 16.0 Å². The Hall–Kier alpha value is -1.88. The van der Waals surface area contributed by atoms with Crippen LogP contribution in [0.2, 0.25) is 0 Å². The number of benzene rings is 1. The molecule has 1 aromatic carbocycles. The van der Waals surface area contributed by atoms with Crippen LogP contribution in [0.5, 0.6) is 0 Å². The molecule has 21 heavy (non-hydrogen) atoms. The van der Waals surface area contributed by atoms with Crippen LogP contribution in [0, 0.1) is 11.8 Å². The molecule has 0 aromatic heterocycles. The first kappa shape index (κ1) is 15.5. The summed E-state index contributed by atoms with van der Waals surface area (Å²) < 4.78 is 0. The van der Waals surface area contributed by atoms with Crippen LogP contribution >= 0.6 is 0 Å². The Labute approximate surface area is 124 Å². The number of aliphatic hydroxyl groups is 1. The second kappa shape index (κ2) is 7.22. The SMILES string of the molecule is O=C(O)[C@H]1CC[C@@H](C(=O)N[C@H](CO)Cc2ccccc2)C1. The Morgan fingerprint density at radius 3 is 2.43 bits per heavy atom. The molecule has 0 aliphatic heterocycles. The van der Waals surface area contributed by atoms with Crippen LogP contribution in [-0.4, -0.2) is 34.7 Å². The predicted octanol–water partition coefficient (Wildman–Crippen LogP) is 1.21. The predicted molar refractivity (Wildman–Crippen MR) is 77.6 cm³/mol. The monoisotopic (exact) mass is 291 g/mol. The van der Waals surface area contributed by atoms with Gasteiger partial charge in [-0.05, 0) is 31.2 Å². The average molecular weight is 291 g/mol. The highest BCUT2D eigenvalue weighted by molar-refractivity contribution is 5.81. The highest BCUT2D eigenvalue weighted by atomic mass is 16.4. The minimum atomic E-state index is -0.826. The van der Waals surface area contributed by atoms with E-state index in [1.54, 1.807) is 0 Å². The minimum absolute atomic E-state index is 0.129. The maximum atomic E-state index is 12.2. The van der Waals surface area contributed by atoms with Crippen molar-refractivity contribution in [2.75, 3.05) is 6.61 Å². The molecule has 1 saturated carbocycles. The van der Waals surface area contributed by atoms with E-state index in [1.807, 2.05) is 30.3 Å². The first-order valence-electron chi connectivity index (χ1n) is 7.28. The summed E-state index contributed by atoms with van der Waals surface area (Å²) in [6.07, 6.45) is 2.12. The molecule has 3 N–H and O–H groups in total. The van der Waals surface area contributed by atoms with E-state index in [-0.39, 0.29) is 24.5 Å². The van der Waals surface area contributed by atoms with Crippen molar-refractivity contribution in [3.63, 3.8) is 0 Å². The van der Waals surface area contributed by atoms with Crippen molar-refractivity contribution in [1.29, 1.82) is 0 Å². The van der Waals surface area contributed by atoms with Gasteiger partial charge in [-0.15, -0.1) is 0 Å². The fourth-order valence-corrected chi connectivity index (χ4v) is 2.82. The summed E-state index contributed by atoms with van der Waals surface area (Å²) in [5.41, 5.74) is 1.05. The van der Waals surface area contributed by atoms with Gasteiger partial charge < -0.3 is 15.5 Å². The van der Waals surface area contributed by atoms with E-state index in [0.717, 1.165) is 5.56 Å². The van der Waals surface area contributed by atoms with Crippen LogP contribution in [0.15, 0.2) is 30.3 Å². The van der Waals surface area contributed by atoms with Gasteiger partial charge in [-0.25, -0.2) is 0 Å². The smallest absolute Gasteiger partial charge is 0.306 e. The van der Waals surface area contributed by atoms with Gasteiger partial charge in [0.1, 0.15) is 0 Å². The number of carboxylic acid groups (broad SMARTS) is 1. The zero-order valence-electron chi connectivity index (χ0n) is 11.9. The highest BCUT2D eigenvalue weighted by Gasteiger charge is 2.34. The number of nitrogens with one attached hydrogen (secondary N) is 1. The van der Waals surface area contributed by atoms with E-state index in [2.05, 4.69) is 5.32 Å². The minimum Gasteiger partial charge on any atom is -0.481 e. The molecule has 114 valence electrons. The molecule has 0 unspecified atom stereocenters. The first-order valence-corrected chi connectivity index (χ1v) is 7.28. The third kappa shape index (κ3) is 4.29. The van der Waals surface area contributed by atoms with Gasteiger partial charge in [0, 0.05) is 5.92 Å². The number of rotatable bonds is 6. The van der Waals surface area contributed by atoms with Gasteiger partial charge in [-0.3, -0.25) is 9.59 Å². The number of amides is 1. The molecule has 0 saturated heterocycles.